The molecule has 3 amide bonds. The Kier molecular flexibility index (Phi) is 4.85. The third kappa shape index (κ3) is 3.16. The molecule has 1 atom stereocenters. The lowest BCUT2D eigenvalue weighted by Gasteiger charge is -2.27. The molecule has 0 radical (unpaired) electrons. The minimum absolute atomic E-state index is 0.124. The average molecular weight is 397 g/mol. The van der Waals surface area contributed by atoms with E-state index in [0.717, 1.165) is 23.1 Å². The number of aromatic nitrogens is 1. The molecule has 1 fully saturated rings. The molecular weight excluding hydrogens is 377 g/mol. The summed E-state index contributed by atoms with van der Waals surface area (Å²) < 4.78 is 14.4. The SMILES string of the molecule is CCCC[C@@]1(c2ccc(F)cc2)NC(=O)N(Cc2nc3ccccc3s2)C1=O. The number of amides is 3. The van der Waals surface area contributed by atoms with E-state index in [0.29, 0.717) is 17.0 Å². The maximum atomic E-state index is 13.4. The predicted molar refractivity (Wildman–Crippen MR) is 106 cm³/mol. The zero-order valence-electron chi connectivity index (χ0n) is 15.4. The second-order valence-electron chi connectivity index (χ2n) is 6.91. The largest absolute Gasteiger partial charge is 0.325 e. The molecule has 1 saturated heterocycles. The number of halogens is 1. The molecule has 5 nitrogen and oxygen atoms in total. The minimum atomic E-state index is -1.16. The summed E-state index contributed by atoms with van der Waals surface area (Å²) in [6, 6.07) is 13.1. The Morgan fingerprint density at radius 1 is 1.14 bits per heavy atom. The molecule has 0 saturated carbocycles. The lowest BCUT2D eigenvalue weighted by molar-refractivity contribution is -0.132. The van der Waals surface area contributed by atoms with E-state index in [1.165, 1.54) is 28.4 Å². The van der Waals surface area contributed by atoms with Gasteiger partial charge in [0.05, 0.1) is 16.8 Å². The third-order valence-corrected chi connectivity index (χ3v) is 6.07. The van der Waals surface area contributed by atoms with E-state index in [-0.39, 0.29) is 18.3 Å². The molecule has 4 rings (SSSR count). The van der Waals surface area contributed by atoms with Gasteiger partial charge in [-0.05, 0) is 36.2 Å². The van der Waals surface area contributed by atoms with Gasteiger partial charge in [0, 0.05) is 0 Å². The Labute approximate surface area is 166 Å². The number of nitrogens with one attached hydrogen (secondary N) is 1. The summed E-state index contributed by atoms with van der Waals surface area (Å²) >= 11 is 1.47. The Bertz CT molecular complexity index is 1000. The van der Waals surface area contributed by atoms with Gasteiger partial charge in [-0.3, -0.25) is 9.69 Å². The molecule has 2 heterocycles. The van der Waals surface area contributed by atoms with Crippen LogP contribution in [-0.2, 0) is 16.9 Å². The number of para-hydroxylation sites is 1. The fourth-order valence-corrected chi connectivity index (χ4v) is 4.53. The molecule has 0 spiro atoms. The number of urea groups is 1. The summed E-state index contributed by atoms with van der Waals surface area (Å²) in [6.45, 7) is 2.15. The van der Waals surface area contributed by atoms with Crippen LogP contribution in [0.2, 0.25) is 0 Å². The van der Waals surface area contributed by atoms with Crippen molar-refractivity contribution in [1.82, 2.24) is 15.2 Å². The Hall–Kier alpha value is -2.80. The van der Waals surface area contributed by atoms with Crippen molar-refractivity contribution in [2.45, 2.75) is 38.3 Å². The van der Waals surface area contributed by atoms with Gasteiger partial charge >= 0.3 is 6.03 Å². The number of benzene rings is 2. The number of unbranched alkanes of at least 4 members (excludes halogenated alkanes) is 1. The summed E-state index contributed by atoms with van der Waals surface area (Å²) in [7, 11) is 0. The number of rotatable bonds is 6. The van der Waals surface area contributed by atoms with Gasteiger partial charge in [0.15, 0.2) is 0 Å². The number of hydrogen-bond donors (Lipinski definition) is 1. The zero-order valence-corrected chi connectivity index (χ0v) is 16.3. The van der Waals surface area contributed by atoms with Crippen molar-refractivity contribution in [3.63, 3.8) is 0 Å². The number of nitrogens with zero attached hydrogens (tertiary/aromatic N) is 2. The summed E-state index contributed by atoms with van der Waals surface area (Å²) in [5, 5.41) is 3.59. The van der Waals surface area contributed by atoms with Gasteiger partial charge in [0.1, 0.15) is 16.4 Å². The smallest absolute Gasteiger partial charge is 0.319 e. The summed E-state index contributed by atoms with van der Waals surface area (Å²) in [4.78, 5) is 31.8. The number of carbonyl (C=O) groups excluding carboxylic acids is 2. The molecule has 7 heteroatoms. The Morgan fingerprint density at radius 2 is 1.89 bits per heavy atom. The van der Waals surface area contributed by atoms with Crippen LogP contribution in [-0.4, -0.2) is 21.8 Å². The first-order valence-electron chi connectivity index (χ1n) is 9.28. The number of imide groups is 1. The van der Waals surface area contributed by atoms with Crippen molar-refractivity contribution in [3.8, 4) is 0 Å². The van der Waals surface area contributed by atoms with E-state index in [4.69, 9.17) is 0 Å². The van der Waals surface area contributed by atoms with Crippen molar-refractivity contribution >= 4 is 33.5 Å². The standard InChI is InChI=1S/C21H20FN3O2S/c1-2-3-12-21(14-8-10-15(22)11-9-14)19(26)25(20(27)24-21)13-18-23-16-6-4-5-7-17(16)28-18/h4-11H,2-3,12-13H2,1H3,(H,24,27)/t21-/m0/s1. The van der Waals surface area contributed by atoms with Gasteiger partial charge in [-0.1, -0.05) is 44.0 Å². The predicted octanol–water partition coefficient (Wildman–Crippen LogP) is 4.57. The highest BCUT2D eigenvalue weighted by molar-refractivity contribution is 7.18. The van der Waals surface area contributed by atoms with Gasteiger partial charge in [-0.25, -0.2) is 14.2 Å². The molecule has 28 heavy (non-hydrogen) atoms. The highest BCUT2D eigenvalue weighted by atomic mass is 32.1. The van der Waals surface area contributed by atoms with Crippen LogP contribution in [0.25, 0.3) is 10.2 Å². The molecule has 1 aliphatic rings. The molecule has 1 aliphatic heterocycles. The van der Waals surface area contributed by atoms with Crippen LogP contribution < -0.4 is 5.32 Å². The van der Waals surface area contributed by atoms with Crippen LogP contribution in [0.4, 0.5) is 9.18 Å². The number of hydrogen-bond acceptors (Lipinski definition) is 4. The molecule has 144 valence electrons. The number of thiazole rings is 1. The fraction of sp³-hybridized carbons (Fsp3) is 0.286. The Morgan fingerprint density at radius 3 is 2.61 bits per heavy atom. The van der Waals surface area contributed by atoms with Crippen molar-refractivity contribution in [3.05, 3.63) is 64.9 Å². The van der Waals surface area contributed by atoms with E-state index in [9.17, 15) is 14.0 Å². The van der Waals surface area contributed by atoms with Crippen molar-refractivity contribution in [2.75, 3.05) is 0 Å². The topological polar surface area (TPSA) is 62.3 Å². The van der Waals surface area contributed by atoms with Crippen LogP contribution in [0.1, 0.15) is 36.8 Å². The molecular formula is C21H20FN3O2S. The van der Waals surface area contributed by atoms with Crippen molar-refractivity contribution in [1.29, 1.82) is 0 Å². The summed E-state index contributed by atoms with van der Waals surface area (Å²) in [6.07, 6.45) is 2.11. The molecule has 1 aromatic heterocycles. The fourth-order valence-electron chi connectivity index (χ4n) is 3.58. The minimum Gasteiger partial charge on any atom is -0.319 e. The van der Waals surface area contributed by atoms with Gasteiger partial charge in [0.25, 0.3) is 5.91 Å². The summed E-state index contributed by atoms with van der Waals surface area (Å²) in [5.74, 6) is -0.686. The highest BCUT2D eigenvalue weighted by Crippen LogP contribution is 2.35. The molecule has 1 N–H and O–H groups in total. The molecule has 3 aromatic rings. The molecule has 0 unspecified atom stereocenters. The Balaban J connectivity index is 1.67. The van der Waals surface area contributed by atoms with Gasteiger partial charge in [0.2, 0.25) is 0 Å². The van der Waals surface area contributed by atoms with Crippen molar-refractivity contribution < 1.29 is 14.0 Å². The van der Waals surface area contributed by atoms with Crippen LogP contribution in [0, 0.1) is 5.82 Å². The molecule has 0 bridgehead atoms. The van der Waals surface area contributed by atoms with E-state index in [1.54, 1.807) is 12.1 Å². The second kappa shape index (κ2) is 7.31. The van der Waals surface area contributed by atoms with Crippen molar-refractivity contribution in [2.24, 2.45) is 0 Å². The molecule has 2 aromatic carbocycles. The van der Waals surface area contributed by atoms with Crippen LogP contribution in [0.15, 0.2) is 48.5 Å². The lowest BCUT2D eigenvalue weighted by Crippen LogP contribution is -2.44. The van der Waals surface area contributed by atoms with Gasteiger partial charge in [-0.15, -0.1) is 11.3 Å². The first-order valence-corrected chi connectivity index (χ1v) is 10.1. The normalized spacial score (nSPS) is 19.4. The van der Waals surface area contributed by atoms with Gasteiger partial charge < -0.3 is 5.32 Å². The number of fused-ring (bicyclic) bond motifs is 1. The maximum absolute atomic E-state index is 13.4. The molecule has 0 aliphatic carbocycles. The lowest BCUT2D eigenvalue weighted by atomic mass is 9.85. The third-order valence-electron chi connectivity index (χ3n) is 5.05. The quantitative estimate of drug-likeness (QED) is 0.620. The van der Waals surface area contributed by atoms with E-state index < -0.39 is 11.6 Å². The van der Waals surface area contributed by atoms with Crippen LogP contribution >= 0.6 is 11.3 Å². The van der Waals surface area contributed by atoms with E-state index in [1.807, 2.05) is 31.2 Å². The van der Waals surface area contributed by atoms with Crippen LogP contribution in [0.3, 0.4) is 0 Å². The summed E-state index contributed by atoms with van der Waals surface area (Å²) in [5.41, 5.74) is 0.301. The average Bonchev–Trinajstić information content (AvgIpc) is 3.21. The van der Waals surface area contributed by atoms with E-state index in [2.05, 4.69) is 10.3 Å². The second-order valence-corrected chi connectivity index (χ2v) is 8.03. The van der Waals surface area contributed by atoms with Gasteiger partial charge in [-0.2, -0.15) is 0 Å². The van der Waals surface area contributed by atoms with Crippen LogP contribution in [0.5, 0.6) is 0 Å². The first kappa shape index (κ1) is 18.6. The van der Waals surface area contributed by atoms with E-state index >= 15 is 0 Å². The zero-order chi connectivity index (χ0) is 19.7. The maximum Gasteiger partial charge on any atom is 0.325 e. The number of carbonyl (C=O) groups is 2. The highest BCUT2D eigenvalue weighted by Gasteiger charge is 2.52. The first-order chi connectivity index (χ1) is 13.5. The monoisotopic (exact) mass is 397 g/mol.